The van der Waals surface area contributed by atoms with Crippen LogP contribution >= 0.6 is 22.9 Å². The molecule has 2 heterocycles. The minimum atomic E-state index is -1.03. The molecule has 5 nitrogen and oxygen atoms in total. The first-order valence-electron chi connectivity index (χ1n) is 6.32. The molecular weight excluding hydrogens is 317 g/mol. The molecule has 1 fully saturated rings. The zero-order valence-electron chi connectivity index (χ0n) is 10.8. The number of aromatic nitrogens is 2. The molecule has 0 spiro atoms. The summed E-state index contributed by atoms with van der Waals surface area (Å²) in [6.07, 6.45) is 2.27. The van der Waals surface area contributed by atoms with E-state index in [1.807, 2.05) is 0 Å². The number of carbonyl (C=O) groups is 1. The first-order chi connectivity index (χ1) is 10.0. The minimum absolute atomic E-state index is 0.275. The molecule has 0 unspecified atom stereocenters. The number of hydrogen-bond donors (Lipinski definition) is 1. The van der Waals surface area contributed by atoms with Crippen molar-refractivity contribution in [2.24, 2.45) is 5.92 Å². The van der Waals surface area contributed by atoms with Gasteiger partial charge in [0.15, 0.2) is 5.13 Å². The number of hydrogen-bond acceptors (Lipinski definition) is 4. The van der Waals surface area contributed by atoms with Crippen LogP contribution < -0.4 is 4.90 Å². The summed E-state index contributed by atoms with van der Waals surface area (Å²) in [6, 6.07) is 1.19. The number of pyridine rings is 1. The molecule has 1 N–H and O–H groups in total. The van der Waals surface area contributed by atoms with Crippen LogP contribution in [0.25, 0.3) is 11.3 Å². The summed E-state index contributed by atoms with van der Waals surface area (Å²) in [7, 11) is 0. The van der Waals surface area contributed by atoms with Gasteiger partial charge < -0.3 is 5.11 Å². The maximum atomic E-state index is 13.2. The zero-order chi connectivity index (χ0) is 15.0. The van der Waals surface area contributed by atoms with E-state index in [4.69, 9.17) is 11.6 Å². The Balaban J connectivity index is 1.90. The molecule has 3 rings (SSSR count). The second kappa shape index (κ2) is 5.57. The highest BCUT2D eigenvalue weighted by Gasteiger charge is 2.29. The predicted molar refractivity (Wildman–Crippen MR) is 78.4 cm³/mol. The molecular formula is C13H11ClFN3O2S. The highest BCUT2D eigenvalue weighted by molar-refractivity contribution is 7.14. The molecule has 0 aliphatic heterocycles. The number of anilines is 1. The fourth-order valence-corrected chi connectivity index (χ4v) is 2.95. The number of rotatable bonds is 4. The fourth-order valence-electron chi connectivity index (χ4n) is 1.92. The van der Waals surface area contributed by atoms with Crippen LogP contribution in [0.1, 0.15) is 12.8 Å². The van der Waals surface area contributed by atoms with Gasteiger partial charge in [0.05, 0.1) is 10.7 Å². The molecule has 0 radical (unpaired) electrons. The minimum Gasteiger partial charge on any atom is -0.465 e. The summed E-state index contributed by atoms with van der Waals surface area (Å²) in [6.45, 7) is 0.445. The molecule has 1 saturated carbocycles. The van der Waals surface area contributed by atoms with Gasteiger partial charge in [-0.05, 0) is 18.8 Å². The molecule has 0 aromatic carbocycles. The van der Waals surface area contributed by atoms with E-state index in [9.17, 15) is 14.3 Å². The van der Waals surface area contributed by atoms with E-state index >= 15 is 0 Å². The molecule has 1 amide bonds. The number of amides is 1. The molecule has 2 aromatic heterocycles. The third kappa shape index (κ3) is 3.14. The van der Waals surface area contributed by atoms with Crippen molar-refractivity contribution in [1.82, 2.24) is 9.97 Å². The molecule has 21 heavy (non-hydrogen) atoms. The SMILES string of the molecule is O=C(O)N(CC1CC1)c1nc(-c2cc(F)ncc2Cl)cs1. The lowest BCUT2D eigenvalue weighted by atomic mass is 10.2. The largest absolute Gasteiger partial charge is 0.465 e. The van der Waals surface area contributed by atoms with Gasteiger partial charge in [0.1, 0.15) is 0 Å². The molecule has 1 aliphatic carbocycles. The molecule has 110 valence electrons. The van der Waals surface area contributed by atoms with Gasteiger partial charge in [-0.25, -0.2) is 14.8 Å². The van der Waals surface area contributed by atoms with Crippen LogP contribution in [0, 0.1) is 11.9 Å². The lowest BCUT2D eigenvalue weighted by molar-refractivity contribution is 0.201. The molecule has 8 heteroatoms. The smallest absolute Gasteiger partial charge is 0.413 e. The average molecular weight is 328 g/mol. The summed E-state index contributed by atoms with van der Waals surface area (Å²) >= 11 is 7.18. The molecule has 0 saturated heterocycles. The van der Waals surface area contributed by atoms with Gasteiger partial charge >= 0.3 is 6.09 Å². The topological polar surface area (TPSA) is 66.3 Å². The van der Waals surface area contributed by atoms with Crippen LogP contribution in [0.2, 0.25) is 5.02 Å². The van der Waals surface area contributed by atoms with E-state index in [0.29, 0.717) is 28.9 Å². The van der Waals surface area contributed by atoms with E-state index in [1.54, 1.807) is 5.38 Å². The van der Waals surface area contributed by atoms with E-state index < -0.39 is 12.0 Å². The van der Waals surface area contributed by atoms with Crippen molar-refractivity contribution in [2.75, 3.05) is 11.4 Å². The van der Waals surface area contributed by atoms with Gasteiger partial charge in [-0.1, -0.05) is 11.6 Å². The van der Waals surface area contributed by atoms with E-state index in [2.05, 4.69) is 9.97 Å². The molecule has 2 aromatic rings. The number of nitrogens with zero attached hydrogens (tertiary/aromatic N) is 3. The van der Waals surface area contributed by atoms with Crippen molar-refractivity contribution in [2.45, 2.75) is 12.8 Å². The van der Waals surface area contributed by atoms with E-state index in [-0.39, 0.29) is 5.02 Å². The second-order valence-corrected chi connectivity index (χ2v) is 6.08. The summed E-state index contributed by atoms with van der Waals surface area (Å²) in [4.78, 5) is 20.3. The summed E-state index contributed by atoms with van der Waals surface area (Å²) in [5.41, 5.74) is 0.853. The molecule has 1 aliphatic rings. The third-order valence-electron chi connectivity index (χ3n) is 3.19. The number of halogens is 2. The quantitative estimate of drug-likeness (QED) is 0.865. The third-order valence-corrected chi connectivity index (χ3v) is 4.35. The Morgan fingerprint density at radius 1 is 1.57 bits per heavy atom. The highest BCUT2D eigenvalue weighted by Crippen LogP contribution is 2.35. The maximum Gasteiger partial charge on any atom is 0.413 e. The molecule has 0 bridgehead atoms. The van der Waals surface area contributed by atoms with Crippen LogP contribution in [-0.4, -0.2) is 27.7 Å². The lowest BCUT2D eigenvalue weighted by Gasteiger charge is -2.15. The Hall–Kier alpha value is -1.73. The highest BCUT2D eigenvalue weighted by atomic mass is 35.5. The van der Waals surface area contributed by atoms with Crippen LogP contribution in [0.3, 0.4) is 0 Å². The van der Waals surface area contributed by atoms with Gasteiger partial charge in [0.25, 0.3) is 0 Å². The van der Waals surface area contributed by atoms with Crippen LogP contribution in [0.15, 0.2) is 17.6 Å². The average Bonchev–Trinajstić information content (AvgIpc) is 3.14. The van der Waals surface area contributed by atoms with Crippen LogP contribution in [0.5, 0.6) is 0 Å². The summed E-state index contributed by atoms with van der Waals surface area (Å²) < 4.78 is 13.2. The number of carboxylic acid groups (broad SMARTS) is 1. The monoisotopic (exact) mass is 327 g/mol. The van der Waals surface area contributed by atoms with Gasteiger partial charge in [0.2, 0.25) is 5.95 Å². The van der Waals surface area contributed by atoms with Crippen molar-refractivity contribution in [3.05, 3.63) is 28.6 Å². The Bertz CT molecular complexity index is 690. The van der Waals surface area contributed by atoms with Crippen molar-refractivity contribution >= 4 is 34.2 Å². The Kier molecular flexibility index (Phi) is 3.77. The van der Waals surface area contributed by atoms with Crippen LogP contribution in [0.4, 0.5) is 14.3 Å². The number of thiazole rings is 1. The second-order valence-electron chi connectivity index (χ2n) is 4.84. The normalized spacial score (nSPS) is 14.2. The standard InChI is InChI=1S/C13H11ClFN3O2S/c14-9-4-16-11(15)3-8(9)10-6-21-12(17-10)18(13(19)20)5-7-1-2-7/h3-4,6-7H,1-2,5H2,(H,19,20). The van der Waals surface area contributed by atoms with E-state index in [1.165, 1.54) is 28.5 Å². The van der Waals surface area contributed by atoms with Crippen molar-refractivity contribution in [3.8, 4) is 11.3 Å². The van der Waals surface area contributed by atoms with Crippen molar-refractivity contribution < 1.29 is 14.3 Å². The van der Waals surface area contributed by atoms with Crippen LogP contribution in [-0.2, 0) is 0 Å². The molecule has 0 atom stereocenters. The first kappa shape index (κ1) is 14.2. The zero-order valence-corrected chi connectivity index (χ0v) is 12.4. The summed E-state index contributed by atoms with van der Waals surface area (Å²) in [5.74, 6) is -0.243. The lowest BCUT2D eigenvalue weighted by Crippen LogP contribution is -2.31. The van der Waals surface area contributed by atoms with E-state index in [0.717, 1.165) is 12.8 Å². The van der Waals surface area contributed by atoms with Crippen molar-refractivity contribution in [3.63, 3.8) is 0 Å². The van der Waals surface area contributed by atoms with Gasteiger partial charge in [0, 0.05) is 29.8 Å². The fraction of sp³-hybridized carbons (Fsp3) is 0.308. The Morgan fingerprint density at radius 3 is 3.00 bits per heavy atom. The maximum absolute atomic E-state index is 13.2. The van der Waals surface area contributed by atoms with Crippen molar-refractivity contribution in [1.29, 1.82) is 0 Å². The summed E-state index contributed by atoms with van der Waals surface area (Å²) in [5, 5.41) is 11.6. The Labute approximate surface area is 129 Å². The van der Waals surface area contributed by atoms with Gasteiger partial charge in [-0.3, -0.25) is 4.90 Å². The van der Waals surface area contributed by atoms with Gasteiger partial charge in [-0.15, -0.1) is 11.3 Å². The Morgan fingerprint density at radius 2 is 2.33 bits per heavy atom. The van der Waals surface area contributed by atoms with Gasteiger partial charge in [-0.2, -0.15) is 4.39 Å². The first-order valence-corrected chi connectivity index (χ1v) is 7.58. The predicted octanol–water partition coefficient (Wildman–Crippen LogP) is 3.89.